The fourth-order valence-electron chi connectivity index (χ4n) is 2.69. The maximum atomic E-state index is 12.3. The second-order valence-corrected chi connectivity index (χ2v) is 8.57. The van der Waals surface area contributed by atoms with Crippen molar-refractivity contribution in [3.63, 3.8) is 0 Å². The largest absolute Gasteiger partial charge is 0.493 e. The Labute approximate surface area is 197 Å². The minimum absolute atomic E-state index is 0.0336. The average molecular weight is 557 g/mol. The number of hydrogen-bond donors (Lipinski definition) is 0. The number of nitro groups is 1. The molecule has 0 amide bonds. The number of nitrogens with zero attached hydrogens (tertiary/aromatic N) is 2. The number of ether oxygens (including phenoxy) is 3. The fraction of sp³-hybridized carbons (Fsp3) is 0.238. The summed E-state index contributed by atoms with van der Waals surface area (Å²) in [6, 6.07) is 7.39. The van der Waals surface area contributed by atoms with Crippen LogP contribution in [0.25, 0.3) is 6.08 Å². The van der Waals surface area contributed by atoms with E-state index < -0.39 is 10.9 Å². The fourth-order valence-corrected chi connectivity index (χ4v) is 3.67. The molecule has 0 unspecified atom stereocenters. The van der Waals surface area contributed by atoms with Crippen molar-refractivity contribution in [1.82, 2.24) is 0 Å². The Morgan fingerprint density at radius 2 is 2.06 bits per heavy atom. The highest BCUT2D eigenvalue weighted by molar-refractivity contribution is 14.1. The van der Waals surface area contributed by atoms with Gasteiger partial charge in [-0.25, -0.2) is 9.79 Å². The van der Waals surface area contributed by atoms with E-state index in [1.807, 2.05) is 19.9 Å². The van der Waals surface area contributed by atoms with Crippen molar-refractivity contribution in [3.8, 4) is 11.5 Å². The first kappa shape index (κ1) is 23.0. The lowest BCUT2D eigenvalue weighted by Crippen LogP contribution is -2.07. The summed E-state index contributed by atoms with van der Waals surface area (Å²) in [5.41, 5.74) is 0.663. The minimum Gasteiger partial charge on any atom is -0.493 e. The monoisotopic (exact) mass is 556 g/mol. The third kappa shape index (κ3) is 5.34. The van der Waals surface area contributed by atoms with E-state index in [4.69, 9.17) is 25.8 Å². The summed E-state index contributed by atoms with van der Waals surface area (Å²) in [6.45, 7) is 4.64. The van der Waals surface area contributed by atoms with Gasteiger partial charge >= 0.3 is 5.97 Å². The van der Waals surface area contributed by atoms with Gasteiger partial charge in [-0.3, -0.25) is 10.1 Å². The molecule has 0 radical (unpaired) electrons. The van der Waals surface area contributed by atoms with Gasteiger partial charge in [-0.05, 0) is 58.3 Å². The van der Waals surface area contributed by atoms with E-state index in [1.54, 1.807) is 6.07 Å². The number of nitro benzene ring substituents is 1. The molecule has 0 N–H and O–H groups in total. The summed E-state index contributed by atoms with van der Waals surface area (Å²) in [5.74, 6) is 0.719. The molecule has 0 saturated carbocycles. The third-order valence-corrected chi connectivity index (χ3v) is 5.26. The molecular formula is C21H18ClIN2O6. The average Bonchev–Trinajstić information content (AvgIpc) is 3.06. The van der Waals surface area contributed by atoms with Crippen molar-refractivity contribution in [2.75, 3.05) is 13.7 Å². The number of non-ortho nitro benzene ring substituents is 1. The molecule has 2 aromatic carbocycles. The van der Waals surface area contributed by atoms with Crippen LogP contribution in [0.1, 0.15) is 25.0 Å². The standard InChI is InChI=1S/C21H18ClIN2O6/c1-11(2)10-30-19-16(23)6-12(8-18(19)29-3)7-17-21(26)31-20(24-17)14-9-13(25(27)28)4-5-15(14)22/h4-9,11H,10H2,1-3H3/b17-7-. The Bertz CT molecular complexity index is 1110. The van der Waals surface area contributed by atoms with Gasteiger partial charge in [0.05, 0.1) is 32.8 Å². The van der Waals surface area contributed by atoms with Crippen LogP contribution < -0.4 is 9.47 Å². The topological polar surface area (TPSA) is 100 Å². The van der Waals surface area contributed by atoms with E-state index in [0.29, 0.717) is 29.6 Å². The van der Waals surface area contributed by atoms with E-state index in [-0.39, 0.29) is 27.9 Å². The van der Waals surface area contributed by atoms with Gasteiger partial charge in [-0.15, -0.1) is 0 Å². The minimum atomic E-state index is -0.688. The Morgan fingerprint density at radius 3 is 2.71 bits per heavy atom. The normalized spacial score (nSPS) is 14.6. The first-order chi connectivity index (χ1) is 14.7. The molecule has 0 atom stereocenters. The Balaban J connectivity index is 1.96. The van der Waals surface area contributed by atoms with E-state index in [1.165, 1.54) is 31.4 Å². The number of rotatable bonds is 7. The van der Waals surface area contributed by atoms with Crippen LogP contribution in [0.4, 0.5) is 5.69 Å². The van der Waals surface area contributed by atoms with Gasteiger partial charge < -0.3 is 14.2 Å². The molecule has 0 bridgehead atoms. The zero-order valence-electron chi connectivity index (χ0n) is 16.8. The summed E-state index contributed by atoms with van der Waals surface area (Å²) in [7, 11) is 1.54. The van der Waals surface area contributed by atoms with Crippen molar-refractivity contribution >= 4 is 57.8 Å². The van der Waals surface area contributed by atoms with Crippen LogP contribution in [0, 0.1) is 19.6 Å². The molecule has 8 nitrogen and oxygen atoms in total. The third-order valence-electron chi connectivity index (χ3n) is 4.13. The molecule has 0 fully saturated rings. The number of halogens is 2. The maximum absolute atomic E-state index is 12.3. The molecule has 0 spiro atoms. The van der Waals surface area contributed by atoms with E-state index in [0.717, 1.165) is 3.57 Å². The molecule has 1 aliphatic rings. The number of benzene rings is 2. The SMILES string of the molecule is COc1cc(/C=C2\N=C(c3cc([N+](=O)[O-])ccc3Cl)OC2=O)cc(I)c1OCC(C)C. The highest BCUT2D eigenvalue weighted by atomic mass is 127. The molecule has 10 heteroatoms. The van der Waals surface area contributed by atoms with Gasteiger partial charge in [0, 0.05) is 12.1 Å². The van der Waals surface area contributed by atoms with Crippen LogP contribution in [0.2, 0.25) is 5.02 Å². The predicted molar refractivity (Wildman–Crippen MR) is 125 cm³/mol. The number of carbonyl (C=O) groups is 1. The second kappa shape index (κ2) is 9.65. The van der Waals surface area contributed by atoms with Crippen LogP contribution in [0.15, 0.2) is 41.0 Å². The second-order valence-electron chi connectivity index (χ2n) is 7.00. The highest BCUT2D eigenvalue weighted by Gasteiger charge is 2.27. The molecule has 162 valence electrons. The highest BCUT2D eigenvalue weighted by Crippen LogP contribution is 2.35. The lowest BCUT2D eigenvalue weighted by molar-refractivity contribution is -0.384. The number of methoxy groups -OCH3 is 1. The zero-order valence-corrected chi connectivity index (χ0v) is 19.8. The number of carbonyl (C=O) groups excluding carboxylic acids is 1. The molecular weight excluding hydrogens is 539 g/mol. The Hall–Kier alpha value is -2.66. The van der Waals surface area contributed by atoms with Gasteiger partial charge in [-0.1, -0.05) is 25.4 Å². The molecule has 31 heavy (non-hydrogen) atoms. The molecule has 1 aliphatic heterocycles. The molecule has 0 aliphatic carbocycles. The van der Waals surface area contributed by atoms with Crippen LogP contribution in [-0.4, -0.2) is 30.5 Å². The van der Waals surface area contributed by atoms with Gasteiger partial charge in [0.2, 0.25) is 5.90 Å². The molecule has 3 rings (SSSR count). The van der Waals surface area contributed by atoms with Crippen LogP contribution in [0.5, 0.6) is 11.5 Å². The molecule has 0 saturated heterocycles. The summed E-state index contributed by atoms with van der Waals surface area (Å²) in [4.78, 5) is 27.0. The predicted octanol–water partition coefficient (Wildman–Crippen LogP) is 5.24. The molecule has 1 heterocycles. The van der Waals surface area contributed by atoms with Crippen molar-refractivity contribution in [2.45, 2.75) is 13.8 Å². The summed E-state index contributed by atoms with van der Waals surface area (Å²) >= 11 is 8.25. The Morgan fingerprint density at radius 1 is 1.32 bits per heavy atom. The van der Waals surface area contributed by atoms with E-state index in [2.05, 4.69) is 27.6 Å². The van der Waals surface area contributed by atoms with Crippen LogP contribution >= 0.6 is 34.2 Å². The maximum Gasteiger partial charge on any atom is 0.363 e. The molecule has 0 aromatic heterocycles. The lowest BCUT2D eigenvalue weighted by atomic mass is 10.1. The van der Waals surface area contributed by atoms with Crippen LogP contribution in [0.3, 0.4) is 0 Å². The van der Waals surface area contributed by atoms with Gasteiger partial charge in [0.1, 0.15) is 0 Å². The van der Waals surface area contributed by atoms with E-state index in [9.17, 15) is 14.9 Å². The summed E-state index contributed by atoms with van der Waals surface area (Å²) < 4.78 is 17.3. The lowest BCUT2D eigenvalue weighted by Gasteiger charge is -2.15. The first-order valence-electron chi connectivity index (χ1n) is 9.16. The van der Waals surface area contributed by atoms with Crippen molar-refractivity contribution in [2.24, 2.45) is 10.9 Å². The van der Waals surface area contributed by atoms with Crippen molar-refractivity contribution < 1.29 is 23.9 Å². The number of cyclic esters (lactones) is 1. The number of esters is 1. The zero-order chi connectivity index (χ0) is 22.7. The number of aliphatic imine (C=N–C) groups is 1. The van der Waals surface area contributed by atoms with E-state index >= 15 is 0 Å². The van der Waals surface area contributed by atoms with Crippen molar-refractivity contribution in [3.05, 3.63) is 65.9 Å². The van der Waals surface area contributed by atoms with Crippen LogP contribution in [-0.2, 0) is 9.53 Å². The number of hydrogen-bond acceptors (Lipinski definition) is 7. The quantitative estimate of drug-likeness (QED) is 0.152. The molecule has 2 aromatic rings. The van der Waals surface area contributed by atoms with Gasteiger partial charge in [-0.2, -0.15) is 0 Å². The smallest absolute Gasteiger partial charge is 0.363 e. The van der Waals surface area contributed by atoms with Gasteiger partial charge in [0.25, 0.3) is 5.69 Å². The summed E-state index contributed by atoms with van der Waals surface area (Å²) in [5, 5.41) is 11.2. The first-order valence-corrected chi connectivity index (χ1v) is 10.6. The van der Waals surface area contributed by atoms with Gasteiger partial charge in [0.15, 0.2) is 17.2 Å². The van der Waals surface area contributed by atoms with Crippen molar-refractivity contribution in [1.29, 1.82) is 0 Å². The summed E-state index contributed by atoms with van der Waals surface area (Å²) in [6.07, 6.45) is 1.54. The Kier molecular flexibility index (Phi) is 7.16.